The molecule has 0 spiro atoms. The molecule has 0 fully saturated rings. The molecule has 0 bridgehead atoms. The summed E-state index contributed by atoms with van der Waals surface area (Å²) in [4.78, 5) is 15.4. The number of aliphatic hydroxyl groups is 3. The summed E-state index contributed by atoms with van der Waals surface area (Å²) < 4.78 is 6.68. The van der Waals surface area contributed by atoms with Crippen molar-refractivity contribution in [1.82, 2.24) is 9.55 Å². The van der Waals surface area contributed by atoms with E-state index in [9.17, 15) is 15.0 Å². The van der Waals surface area contributed by atoms with Crippen LogP contribution in [0.5, 0.6) is 0 Å². The summed E-state index contributed by atoms with van der Waals surface area (Å²) in [7, 11) is 0. The van der Waals surface area contributed by atoms with Gasteiger partial charge in [0.2, 0.25) is 0 Å². The van der Waals surface area contributed by atoms with Crippen molar-refractivity contribution in [2.45, 2.75) is 39.2 Å². The Morgan fingerprint density at radius 1 is 1.53 bits per heavy atom. The Balaban J connectivity index is 2.93. The van der Waals surface area contributed by atoms with Crippen LogP contribution in [0.25, 0.3) is 0 Å². The van der Waals surface area contributed by atoms with Crippen LogP contribution in [0.15, 0.2) is 6.20 Å². The van der Waals surface area contributed by atoms with E-state index in [1.54, 1.807) is 0 Å². The topological polar surface area (TPSA) is 105 Å². The summed E-state index contributed by atoms with van der Waals surface area (Å²) in [5.74, 6) is -0.0894. The maximum atomic E-state index is 11.4. The van der Waals surface area contributed by atoms with Gasteiger partial charge in [0.25, 0.3) is 0 Å². The number of hydrogen-bond acceptors (Lipinski definition) is 6. The van der Waals surface area contributed by atoms with E-state index < -0.39 is 12.2 Å². The number of carbonyl (C=O) groups excluding carboxylic acids is 1. The lowest BCUT2D eigenvalue weighted by molar-refractivity contribution is 0.00189. The quantitative estimate of drug-likeness (QED) is 0.569. The van der Waals surface area contributed by atoms with Crippen molar-refractivity contribution in [1.29, 1.82) is 0 Å². The molecule has 1 aromatic heterocycles. The van der Waals surface area contributed by atoms with Crippen LogP contribution in [-0.2, 0) is 11.5 Å². The summed E-state index contributed by atoms with van der Waals surface area (Å²) in [6, 6.07) is 0. The van der Waals surface area contributed by atoms with Crippen molar-refractivity contribution < 1.29 is 24.9 Å². The lowest BCUT2D eigenvalue weighted by Crippen LogP contribution is -2.19. The van der Waals surface area contributed by atoms with E-state index in [4.69, 9.17) is 9.84 Å². The number of ether oxygens (including phenoxy) is 1. The summed E-state index contributed by atoms with van der Waals surface area (Å²) in [6.07, 6.45) is -0.861. The van der Waals surface area contributed by atoms with Gasteiger partial charge in [-0.1, -0.05) is 0 Å². The molecule has 0 saturated carbocycles. The van der Waals surface area contributed by atoms with E-state index in [0.29, 0.717) is 6.61 Å². The second kappa shape index (κ2) is 7.34. The molecule has 0 aliphatic rings. The highest BCUT2D eigenvalue weighted by atomic mass is 16.5. The fourth-order valence-corrected chi connectivity index (χ4v) is 1.63. The van der Waals surface area contributed by atoms with Gasteiger partial charge in [0.1, 0.15) is 12.8 Å². The maximum Gasteiger partial charge on any atom is 0.195 e. The zero-order valence-corrected chi connectivity index (χ0v) is 11.1. The third-order valence-corrected chi connectivity index (χ3v) is 2.64. The molecular weight excluding hydrogens is 252 g/mol. The average molecular weight is 272 g/mol. The van der Waals surface area contributed by atoms with Crippen molar-refractivity contribution in [2.75, 3.05) is 13.2 Å². The predicted molar refractivity (Wildman–Crippen MR) is 66.5 cm³/mol. The van der Waals surface area contributed by atoms with Crippen molar-refractivity contribution >= 4 is 5.78 Å². The van der Waals surface area contributed by atoms with E-state index >= 15 is 0 Å². The number of nitrogens with zero attached hydrogens (tertiary/aromatic N) is 2. The van der Waals surface area contributed by atoms with E-state index in [2.05, 4.69) is 4.98 Å². The lowest BCUT2D eigenvalue weighted by Gasteiger charge is -2.14. The summed E-state index contributed by atoms with van der Waals surface area (Å²) >= 11 is 0. The number of ketones is 1. The number of Topliss-reactive ketones (excluding diaryl/α,β-unsaturated/α-hetero) is 1. The van der Waals surface area contributed by atoms with Crippen molar-refractivity contribution in [2.24, 2.45) is 0 Å². The van der Waals surface area contributed by atoms with Gasteiger partial charge in [-0.05, 0) is 13.3 Å². The second-order valence-corrected chi connectivity index (χ2v) is 4.16. The Labute approximate surface area is 111 Å². The molecule has 0 aliphatic heterocycles. The number of aromatic nitrogens is 2. The highest BCUT2D eigenvalue weighted by molar-refractivity contribution is 5.90. The predicted octanol–water partition coefficient (Wildman–Crippen LogP) is -0.144. The molecule has 0 amide bonds. The minimum atomic E-state index is -1.24. The zero-order valence-electron chi connectivity index (χ0n) is 11.1. The first-order valence-electron chi connectivity index (χ1n) is 6.14. The van der Waals surface area contributed by atoms with Gasteiger partial charge in [-0.3, -0.25) is 4.79 Å². The van der Waals surface area contributed by atoms with E-state index in [-0.39, 0.29) is 37.1 Å². The number of hydrogen-bond donors (Lipinski definition) is 3. The normalized spacial score (nSPS) is 14.4. The van der Waals surface area contributed by atoms with Gasteiger partial charge in [-0.15, -0.1) is 0 Å². The van der Waals surface area contributed by atoms with Crippen LogP contribution in [0.1, 0.15) is 42.7 Å². The highest BCUT2D eigenvalue weighted by Gasteiger charge is 2.23. The smallest absolute Gasteiger partial charge is 0.195 e. The molecule has 0 radical (unpaired) electrons. The van der Waals surface area contributed by atoms with Gasteiger partial charge in [-0.2, -0.15) is 0 Å². The van der Waals surface area contributed by atoms with Crippen LogP contribution in [0.4, 0.5) is 0 Å². The monoisotopic (exact) mass is 272 g/mol. The molecule has 0 aromatic carbocycles. The van der Waals surface area contributed by atoms with Gasteiger partial charge >= 0.3 is 0 Å². The molecular formula is C12H20N2O5. The Morgan fingerprint density at radius 3 is 2.74 bits per heavy atom. The molecule has 108 valence electrons. The summed E-state index contributed by atoms with van der Waals surface area (Å²) in [6.45, 7) is 3.59. The molecule has 2 atom stereocenters. The molecule has 19 heavy (non-hydrogen) atoms. The van der Waals surface area contributed by atoms with Crippen molar-refractivity contribution in [3.63, 3.8) is 0 Å². The molecule has 3 N–H and O–H groups in total. The van der Waals surface area contributed by atoms with Crippen LogP contribution in [0.2, 0.25) is 0 Å². The van der Waals surface area contributed by atoms with E-state index in [1.165, 1.54) is 17.7 Å². The van der Waals surface area contributed by atoms with Crippen molar-refractivity contribution in [3.8, 4) is 0 Å². The number of aliphatic hydroxyl groups excluding tert-OH is 3. The fraction of sp³-hybridized carbons (Fsp3) is 0.667. The van der Waals surface area contributed by atoms with Gasteiger partial charge in [0.15, 0.2) is 11.6 Å². The highest BCUT2D eigenvalue weighted by Crippen LogP contribution is 2.19. The van der Waals surface area contributed by atoms with Gasteiger partial charge < -0.3 is 24.6 Å². The van der Waals surface area contributed by atoms with Crippen LogP contribution < -0.4 is 0 Å². The minimum Gasteiger partial charge on any atom is -0.396 e. The van der Waals surface area contributed by atoms with E-state index in [1.807, 2.05) is 6.92 Å². The molecule has 0 saturated heterocycles. The standard InChI is InChI=1S/C12H20N2O5/c1-3-19-7-14-6-9(13-12(14)8(2)16)11(18)10(17)4-5-15/h6,10-11,15,17-18H,3-5,7H2,1-2H3/t10-,11-/m0/s1. The third kappa shape index (κ3) is 4.10. The maximum absolute atomic E-state index is 11.4. The molecule has 7 nitrogen and oxygen atoms in total. The molecule has 1 aromatic rings. The van der Waals surface area contributed by atoms with Crippen LogP contribution >= 0.6 is 0 Å². The lowest BCUT2D eigenvalue weighted by atomic mass is 10.1. The first kappa shape index (κ1) is 15.8. The fourth-order valence-electron chi connectivity index (χ4n) is 1.63. The number of carbonyl (C=O) groups is 1. The van der Waals surface area contributed by atoms with Crippen LogP contribution in [0, 0.1) is 0 Å². The Morgan fingerprint density at radius 2 is 2.21 bits per heavy atom. The zero-order chi connectivity index (χ0) is 14.4. The average Bonchev–Trinajstić information content (AvgIpc) is 2.79. The molecule has 7 heteroatoms. The number of imidazole rings is 1. The van der Waals surface area contributed by atoms with Crippen molar-refractivity contribution in [3.05, 3.63) is 17.7 Å². The van der Waals surface area contributed by atoms with Gasteiger partial charge in [0, 0.05) is 26.3 Å². The Hall–Kier alpha value is -1.28. The SMILES string of the molecule is CCOCn1cc([C@H](O)[C@@H](O)CCO)nc1C(C)=O. The van der Waals surface area contributed by atoms with Gasteiger partial charge in [-0.25, -0.2) is 4.98 Å². The molecule has 0 unspecified atom stereocenters. The molecule has 0 aliphatic carbocycles. The van der Waals surface area contributed by atoms with Crippen LogP contribution in [-0.4, -0.2) is 50.0 Å². The van der Waals surface area contributed by atoms with E-state index in [0.717, 1.165) is 0 Å². The first-order valence-corrected chi connectivity index (χ1v) is 6.14. The van der Waals surface area contributed by atoms with Gasteiger partial charge in [0.05, 0.1) is 11.8 Å². The molecule has 1 rings (SSSR count). The largest absolute Gasteiger partial charge is 0.396 e. The Kier molecular flexibility index (Phi) is 6.10. The first-order chi connectivity index (χ1) is 9.01. The summed E-state index contributed by atoms with van der Waals surface area (Å²) in [5, 5.41) is 28.2. The summed E-state index contributed by atoms with van der Waals surface area (Å²) in [5.41, 5.74) is 0.186. The third-order valence-electron chi connectivity index (χ3n) is 2.64. The molecule has 1 heterocycles. The Bertz CT molecular complexity index is 418. The minimum absolute atomic E-state index is 0.0366. The van der Waals surface area contributed by atoms with Crippen LogP contribution in [0.3, 0.4) is 0 Å². The second-order valence-electron chi connectivity index (χ2n) is 4.16. The number of rotatable bonds is 8.